The molecule has 0 aromatic rings. The fourth-order valence-corrected chi connectivity index (χ4v) is 2.99. The van der Waals surface area contributed by atoms with Crippen LogP contribution >= 0.6 is 0 Å². The van der Waals surface area contributed by atoms with Crippen LogP contribution in [0.25, 0.3) is 0 Å². The van der Waals surface area contributed by atoms with E-state index in [2.05, 4.69) is 4.72 Å². The van der Waals surface area contributed by atoms with E-state index in [1.54, 1.807) is 0 Å². The minimum absolute atomic E-state index is 0.0950. The van der Waals surface area contributed by atoms with E-state index in [9.17, 15) is 8.42 Å². The van der Waals surface area contributed by atoms with Crippen LogP contribution in [0.3, 0.4) is 0 Å². The maximum absolute atomic E-state index is 11.9. The first kappa shape index (κ1) is 14.8. The van der Waals surface area contributed by atoms with E-state index in [0.29, 0.717) is 39.3 Å². The van der Waals surface area contributed by atoms with Gasteiger partial charge >= 0.3 is 0 Å². The number of hydrogen-bond donors (Lipinski definition) is 2. The van der Waals surface area contributed by atoms with E-state index >= 15 is 0 Å². The summed E-state index contributed by atoms with van der Waals surface area (Å²) in [5.74, 6) is 0.191. The summed E-state index contributed by atoms with van der Waals surface area (Å²) >= 11 is 0. The molecule has 0 amide bonds. The zero-order valence-electron chi connectivity index (χ0n) is 10.3. The first-order chi connectivity index (χ1) is 8.10. The minimum atomic E-state index is -3.39. The molecule has 0 saturated carbocycles. The van der Waals surface area contributed by atoms with Crippen molar-refractivity contribution in [2.75, 3.05) is 39.5 Å². The Kier molecular flexibility index (Phi) is 6.35. The van der Waals surface area contributed by atoms with Gasteiger partial charge < -0.3 is 9.84 Å². The SMILES string of the molecule is CCC(CCO)CNS(=O)(=O)N1CCOCC1. The molecule has 1 aliphatic rings. The van der Waals surface area contributed by atoms with E-state index in [1.165, 1.54) is 4.31 Å². The molecule has 2 N–H and O–H groups in total. The Morgan fingerprint density at radius 2 is 2.06 bits per heavy atom. The molecule has 17 heavy (non-hydrogen) atoms. The molecule has 6 nitrogen and oxygen atoms in total. The second-order valence-electron chi connectivity index (χ2n) is 4.15. The Bertz CT molecular complexity index is 301. The monoisotopic (exact) mass is 266 g/mol. The first-order valence-corrected chi connectivity index (χ1v) is 7.47. The van der Waals surface area contributed by atoms with Crippen molar-refractivity contribution in [3.05, 3.63) is 0 Å². The fourth-order valence-electron chi connectivity index (χ4n) is 1.73. The highest BCUT2D eigenvalue weighted by atomic mass is 32.2. The molecule has 0 aromatic heterocycles. The van der Waals surface area contributed by atoms with Crippen LogP contribution in [0.5, 0.6) is 0 Å². The Balaban J connectivity index is 2.42. The number of aliphatic hydroxyl groups is 1. The van der Waals surface area contributed by atoms with Gasteiger partial charge in [-0.25, -0.2) is 4.72 Å². The van der Waals surface area contributed by atoms with Crippen LogP contribution in [0.4, 0.5) is 0 Å². The average Bonchev–Trinajstić information content (AvgIpc) is 2.35. The lowest BCUT2D eigenvalue weighted by Gasteiger charge is -2.27. The maximum Gasteiger partial charge on any atom is 0.279 e. The third-order valence-electron chi connectivity index (χ3n) is 2.98. The molecule has 1 rings (SSSR count). The van der Waals surface area contributed by atoms with E-state index in [1.807, 2.05) is 6.92 Å². The molecule has 1 heterocycles. The predicted octanol–water partition coefficient (Wildman–Crippen LogP) is -0.438. The molecular formula is C10H22N2O4S. The van der Waals surface area contributed by atoms with Gasteiger partial charge in [-0.15, -0.1) is 0 Å². The standard InChI is InChI=1S/C10H22N2O4S/c1-2-10(3-6-13)9-11-17(14,15)12-4-7-16-8-5-12/h10-11,13H,2-9H2,1H3. The summed E-state index contributed by atoms with van der Waals surface area (Å²) in [5.41, 5.74) is 0. The lowest BCUT2D eigenvalue weighted by Crippen LogP contribution is -2.47. The van der Waals surface area contributed by atoms with Gasteiger partial charge in [-0.2, -0.15) is 12.7 Å². The van der Waals surface area contributed by atoms with Crippen LogP contribution in [0.1, 0.15) is 19.8 Å². The van der Waals surface area contributed by atoms with Crippen molar-refractivity contribution in [2.45, 2.75) is 19.8 Å². The lowest BCUT2D eigenvalue weighted by atomic mass is 10.0. The summed E-state index contributed by atoms with van der Waals surface area (Å²) in [6.45, 7) is 4.19. The van der Waals surface area contributed by atoms with Crippen molar-refractivity contribution in [1.82, 2.24) is 9.03 Å². The second-order valence-corrected chi connectivity index (χ2v) is 5.91. The summed E-state index contributed by atoms with van der Waals surface area (Å²) in [5, 5.41) is 8.84. The molecule has 0 spiro atoms. The van der Waals surface area contributed by atoms with Crippen molar-refractivity contribution in [3.63, 3.8) is 0 Å². The Labute approximate surface area is 103 Å². The summed E-state index contributed by atoms with van der Waals surface area (Å²) in [6.07, 6.45) is 1.48. The topological polar surface area (TPSA) is 78.9 Å². The number of rotatable bonds is 7. The van der Waals surface area contributed by atoms with E-state index in [-0.39, 0.29) is 12.5 Å². The highest BCUT2D eigenvalue weighted by Gasteiger charge is 2.24. The van der Waals surface area contributed by atoms with Crippen LogP contribution in [0, 0.1) is 5.92 Å². The fraction of sp³-hybridized carbons (Fsp3) is 1.00. The lowest BCUT2D eigenvalue weighted by molar-refractivity contribution is 0.0724. The average molecular weight is 266 g/mol. The van der Waals surface area contributed by atoms with Crippen LogP contribution in [-0.4, -0.2) is 57.3 Å². The molecule has 1 saturated heterocycles. The first-order valence-electron chi connectivity index (χ1n) is 6.03. The van der Waals surface area contributed by atoms with Crippen molar-refractivity contribution < 1.29 is 18.3 Å². The number of aliphatic hydroxyl groups excluding tert-OH is 1. The van der Waals surface area contributed by atoms with Gasteiger partial charge in [0, 0.05) is 26.2 Å². The van der Waals surface area contributed by atoms with Crippen molar-refractivity contribution in [1.29, 1.82) is 0 Å². The zero-order chi connectivity index (χ0) is 12.7. The molecule has 1 atom stereocenters. The molecule has 102 valence electrons. The molecular weight excluding hydrogens is 244 g/mol. The molecule has 1 aliphatic heterocycles. The van der Waals surface area contributed by atoms with Gasteiger partial charge in [0.2, 0.25) is 0 Å². The number of nitrogens with one attached hydrogen (secondary N) is 1. The van der Waals surface area contributed by atoms with Gasteiger partial charge in [0.25, 0.3) is 10.2 Å². The summed E-state index contributed by atoms with van der Waals surface area (Å²) < 4.78 is 32.9. The van der Waals surface area contributed by atoms with Gasteiger partial charge in [-0.05, 0) is 12.3 Å². The zero-order valence-corrected chi connectivity index (χ0v) is 11.1. The summed E-state index contributed by atoms with van der Waals surface area (Å²) in [4.78, 5) is 0. The number of hydrogen-bond acceptors (Lipinski definition) is 4. The minimum Gasteiger partial charge on any atom is -0.396 e. The van der Waals surface area contributed by atoms with Crippen LogP contribution in [0.15, 0.2) is 0 Å². The van der Waals surface area contributed by atoms with Gasteiger partial charge in [0.15, 0.2) is 0 Å². The number of nitrogens with zero attached hydrogens (tertiary/aromatic N) is 1. The second kappa shape index (κ2) is 7.27. The van der Waals surface area contributed by atoms with Crippen molar-refractivity contribution in [3.8, 4) is 0 Å². The van der Waals surface area contributed by atoms with Gasteiger partial charge in [-0.1, -0.05) is 13.3 Å². The van der Waals surface area contributed by atoms with Gasteiger partial charge in [0.1, 0.15) is 0 Å². The molecule has 0 aliphatic carbocycles. The summed E-state index contributed by atoms with van der Waals surface area (Å²) in [6, 6.07) is 0. The molecule has 7 heteroatoms. The van der Waals surface area contributed by atoms with Gasteiger partial charge in [-0.3, -0.25) is 0 Å². The van der Waals surface area contributed by atoms with Crippen molar-refractivity contribution >= 4 is 10.2 Å². The third-order valence-corrected chi connectivity index (χ3v) is 4.56. The largest absolute Gasteiger partial charge is 0.396 e. The quantitative estimate of drug-likeness (QED) is 0.655. The number of morpholine rings is 1. The van der Waals surface area contributed by atoms with Gasteiger partial charge in [0.05, 0.1) is 13.2 Å². The van der Waals surface area contributed by atoms with Crippen molar-refractivity contribution in [2.24, 2.45) is 5.92 Å². The highest BCUT2D eigenvalue weighted by Crippen LogP contribution is 2.08. The highest BCUT2D eigenvalue weighted by molar-refractivity contribution is 7.87. The maximum atomic E-state index is 11.9. The van der Waals surface area contributed by atoms with E-state index in [0.717, 1.165) is 6.42 Å². The molecule has 0 radical (unpaired) electrons. The summed E-state index contributed by atoms with van der Waals surface area (Å²) in [7, 11) is -3.39. The predicted molar refractivity (Wildman–Crippen MR) is 64.8 cm³/mol. The van der Waals surface area contributed by atoms with E-state index in [4.69, 9.17) is 9.84 Å². The molecule has 1 unspecified atom stereocenters. The Morgan fingerprint density at radius 1 is 1.41 bits per heavy atom. The van der Waals surface area contributed by atoms with Crippen LogP contribution in [-0.2, 0) is 14.9 Å². The molecule has 0 bridgehead atoms. The smallest absolute Gasteiger partial charge is 0.279 e. The Hall–Kier alpha value is -0.210. The van der Waals surface area contributed by atoms with Crippen LogP contribution < -0.4 is 4.72 Å². The molecule has 1 fully saturated rings. The normalized spacial score (nSPS) is 20.4. The number of ether oxygens (including phenoxy) is 1. The van der Waals surface area contributed by atoms with Crippen LogP contribution in [0.2, 0.25) is 0 Å². The molecule has 0 aromatic carbocycles. The van der Waals surface area contributed by atoms with E-state index < -0.39 is 10.2 Å². The Morgan fingerprint density at radius 3 is 2.59 bits per heavy atom. The third kappa shape index (κ3) is 4.89.